The maximum Gasteiger partial charge on any atom is 0.314 e. The second kappa shape index (κ2) is 5.40. The number of hydrogen-bond donors (Lipinski definition) is 1. The summed E-state index contributed by atoms with van der Waals surface area (Å²) in [7, 11) is 1.39. The van der Waals surface area contributed by atoms with Gasteiger partial charge in [-0.25, -0.2) is 5.10 Å². The Labute approximate surface area is 150 Å². The van der Waals surface area contributed by atoms with Crippen molar-refractivity contribution in [2.45, 2.75) is 20.3 Å². The molecule has 0 unspecified atom stereocenters. The second-order valence-corrected chi connectivity index (χ2v) is 8.00. The molecule has 2 aliphatic rings. The smallest absolute Gasteiger partial charge is 0.314 e. The summed E-state index contributed by atoms with van der Waals surface area (Å²) in [5, 5.41) is 7.35. The lowest BCUT2D eigenvalue weighted by molar-refractivity contribution is -0.174. The predicted molar refractivity (Wildman–Crippen MR) is 94.6 cm³/mol. The van der Waals surface area contributed by atoms with Crippen molar-refractivity contribution < 1.29 is 14.3 Å². The van der Waals surface area contributed by atoms with Gasteiger partial charge in [-0.2, -0.15) is 5.10 Å². The molecule has 0 spiro atoms. The van der Waals surface area contributed by atoms with Gasteiger partial charge in [-0.05, 0) is 23.8 Å². The maximum absolute atomic E-state index is 13.1. The number of ether oxygens (including phenoxy) is 1. The largest absolute Gasteiger partial charge is 0.469 e. The molecule has 1 aromatic carbocycles. The van der Waals surface area contributed by atoms with Gasteiger partial charge in [0.15, 0.2) is 5.69 Å². The number of rotatable bonds is 2. The molecule has 0 radical (unpaired) electrons. The number of benzene rings is 1. The summed E-state index contributed by atoms with van der Waals surface area (Å²) in [5.41, 5.74) is -0.777. The van der Waals surface area contributed by atoms with Crippen LogP contribution in [0.15, 0.2) is 29.1 Å². The van der Waals surface area contributed by atoms with Gasteiger partial charge in [0.1, 0.15) is 0 Å². The molecule has 2 heterocycles. The second-order valence-electron chi connectivity index (χ2n) is 8.00. The van der Waals surface area contributed by atoms with Gasteiger partial charge < -0.3 is 9.64 Å². The van der Waals surface area contributed by atoms with Crippen LogP contribution < -0.4 is 5.56 Å². The number of carbonyl (C=O) groups excluding carboxylic acids is 2. The third kappa shape index (κ3) is 2.12. The maximum atomic E-state index is 13.1. The molecule has 26 heavy (non-hydrogen) atoms. The van der Waals surface area contributed by atoms with Gasteiger partial charge in [0.05, 0.1) is 17.9 Å². The average Bonchev–Trinajstić information content (AvgIpc) is 2.97. The van der Waals surface area contributed by atoms with Crippen molar-refractivity contribution in [1.82, 2.24) is 15.1 Å². The monoisotopic (exact) mass is 355 g/mol. The number of esters is 1. The van der Waals surface area contributed by atoms with E-state index in [4.69, 9.17) is 4.74 Å². The van der Waals surface area contributed by atoms with Crippen LogP contribution in [0.3, 0.4) is 0 Å². The minimum absolute atomic E-state index is 0.0241. The van der Waals surface area contributed by atoms with Crippen molar-refractivity contribution in [2.24, 2.45) is 16.7 Å². The van der Waals surface area contributed by atoms with Crippen LogP contribution in [0, 0.1) is 16.7 Å². The first-order valence-corrected chi connectivity index (χ1v) is 8.65. The number of amides is 1. The molecule has 136 valence electrons. The SMILES string of the molecule is COC(=O)[C@@]12CN(C(=O)c3n[nH]c(=O)c4ccccc34)C[C@@H]1C(C)(C)C2. The van der Waals surface area contributed by atoms with Crippen molar-refractivity contribution in [3.05, 3.63) is 40.3 Å². The number of carbonyl (C=O) groups is 2. The molecule has 0 bridgehead atoms. The van der Waals surface area contributed by atoms with E-state index in [-0.39, 0.29) is 34.5 Å². The molecule has 1 aliphatic heterocycles. The van der Waals surface area contributed by atoms with Gasteiger partial charge in [-0.3, -0.25) is 14.4 Å². The summed E-state index contributed by atoms with van der Waals surface area (Å²) in [6.07, 6.45) is 0.695. The minimum atomic E-state index is -0.633. The Morgan fingerprint density at radius 3 is 2.62 bits per heavy atom. The van der Waals surface area contributed by atoms with Crippen LogP contribution in [-0.4, -0.2) is 47.2 Å². The number of nitrogens with one attached hydrogen (secondary N) is 1. The van der Waals surface area contributed by atoms with Crippen LogP contribution in [0.4, 0.5) is 0 Å². The summed E-state index contributed by atoms with van der Waals surface area (Å²) in [5.74, 6) is -0.470. The molecular weight excluding hydrogens is 334 g/mol. The zero-order valence-electron chi connectivity index (χ0n) is 15.0. The van der Waals surface area contributed by atoms with E-state index in [9.17, 15) is 14.4 Å². The first-order valence-electron chi connectivity index (χ1n) is 8.65. The summed E-state index contributed by atoms with van der Waals surface area (Å²) in [6.45, 7) is 5.03. The third-order valence-electron chi connectivity index (χ3n) is 6.04. The fraction of sp³-hybridized carbons (Fsp3) is 0.474. The van der Waals surface area contributed by atoms with E-state index in [2.05, 4.69) is 24.0 Å². The first-order chi connectivity index (χ1) is 12.3. The van der Waals surface area contributed by atoms with Gasteiger partial charge >= 0.3 is 5.97 Å². The molecule has 2 fully saturated rings. The number of hydrogen-bond acceptors (Lipinski definition) is 5. The number of methoxy groups -OCH3 is 1. The number of H-pyrrole nitrogens is 1. The molecule has 1 N–H and O–H groups in total. The lowest BCUT2D eigenvalue weighted by atomic mass is 9.48. The first kappa shape index (κ1) is 16.8. The Morgan fingerprint density at radius 2 is 1.96 bits per heavy atom. The number of nitrogens with zero attached hydrogens (tertiary/aromatic N) is 2. The molecule has 7 heteroatoms. The molecule has 7 nitrogen and oxygen atoms in total. The van der Waals surface area contributed by atoms with Crippen LogP contribution in [0.5, 0.6) is 0 Å². The Morgan fingerprint density at radius 1 is 1.27 bits per heavy atom. The van der Waals surface area contributed by atoms with E-state index in [1.165, 1.54) is 7.11 Å². The van der Waals surface area contributed by atoms with Gasteiger partial charge in [0, 0.05) is 18.5 Å². The van der Waals surface area contributed by atoms with Gasteiger partial charge in [-0.1, -0.05) is 32.0 Å². The van der Waals surface area contributed by atoms with E-state index in [0.29, 0.717) is 30.3 Å². The van der Waals surface area contributed by atoms with Crippen molar-refractivity contribution in [2.75, 3.05) is 20.2 Å². The van der Waals surface area contributed by atoms with Crippen LogP contribution in [0.2, 0.25) is 0 Å². The van der Waals surface area contributed by atoms with Crippen LogP contribution in [0.25, 0.3) is 10.8 Å². The van der Waals surface area contributed by atoms with E-state index >= 15 is 0 Å². The fourth-order valence-corrected chi connectivity index (χ4v) is 4.95. The molecule has 4 rings (SSSR count). The number of aromatic amines is 1. The zero-order chi connectivity index (χ0) is 18.7. The minimum Gasteiger partial charge on any atom is -0.469 e. The molecule has 1 saturated carbocycles. The van der Waals surface area contributed by atoms with Crippen molar-refractivity contribution in [3.63, 3.8) is 0 Å². The van der Waals surface area contributed by atoms with Gasteiger partial charge in [0.25, 0.3) is 11.5 Å². The quantitative estimate of drug-likeness (QED) is 0.826. The normalized spacial score (nSPS) is 26.3. The standard InChI is InChI=1S/C19H21N3O4/c1-18(2)9-19(17(25)26-3)10-22(8-13(18)19)16(24)14-11-6-4-5-7-12(11)15(23)21-20-14/h4-7,13H,8-10H2,1-3H3,(H,21,23)/t13-,19+/m1/s1. The molecule has 1 aliphatic carbocycles. The van der Waals surface area contributed by atoms with Crippen LogP contribution in [-0.2, 0) is 9.53 Å². The topological polar surface area (TPSA) is 92.4 Å². The Kier molecular flexibility index (Phi) is 3.48. The lowest BCUT2D eigenvalue weighted by Gasteiger charge is -2.54. The fourth-order valence-electron chi connectivity index (χ4n) is 4.95. The number of fused-ring (bicyclic) bond motifs is 2. The summed E-state index contributed by atoms with van der Waals surface area (Å²) >= 11 is 0. The molecule has 1 amide bonds. The van der Waals surface area contributed by atoms with E-state index < -0.39 is 5.41 Å². The van der Waals surface area contributed by atoms with Crippen LogP contribution in [0.1, 0.15) is 30.8 Å². The third-order valence-corrected chi connectivity index (χ3v) is 6.04. The van der Waals surface area contributed by atoms with Gasteiger partial charge in [0.2, 0.25) is 0 Å². The predicted octanol–water partition coefficient (Wildman–Crippen LogP) is 1.58. The van der Waals surface area contributed by atoms with Crippen molar-refractivity contribution in [3.8, 4) is 0 Å². The van der Waals surface area contributed by atoms with Crippen molar-refractivity contribution in [1.29, 1.82) is 0 Å². The average molecular weight is 355 g/mol. The molecule has 2 atom stereocenters. The summed E-state index contributed by atoms with van der Waals surface area (Å²) < 4.78 is 5.03. The Bertz CT molecular complexity index is 980. The highest BCUT2D eigenvalue weighted by Gasteiger charge is 2.68. The van der Waals surface area contributed by atoms with Gasteiger partial charge in [-0.15, -0.1) is 0 Å². The van der Waals surface area contributed by atoms with E-state index in [1.807, 2.05) is 0 Å². The highest BCUT2D eigenvalue weighted by molar-refractivity contribution is 6.05. The highest BCUT2D eigenvalue weighted by Crippen LogP contribution is 2.63. The highest BCUT2D eigenvalue weighted by atomic mass is 16.5. The molecule has 2 aromatic rings. The molecular formula is C19H21N3O4. The summed E-state index contributed by atoms with van der Waals surface area (Å²) in [4.78, 5) is 39.2. The Balaban J connectivity index is 1.72. The Hall–Kier alpha value is -2.70. The number of aromatic nitrogens is 2. The van der Waals surface area contributed by atoms with Crippen molar-refractivity contribution >= 4 is 22.6 Å². The van der Waals surface area contributed by atoms with Crippen LogP contribution >= 0.6 is 0 Å². The summed E-state index contributed by atoms with van der Waals surface area (Å²) in [6, 6.07) is 6.90. The van der Waals surface area contributed by atoms with E-state index in [0.717, 1.165) is 0 Å². The number of likely N-dealkylation sites (tertiary alicyclic amines) is 1. The molecule has 1 aromatic heterocycles. The lowest BCUT2D eigenvalue weighted by Crippen LogP contribution is -2.57. The molecule has 1 saturated heterocycles. The van der Waals surface area contributed by atoms with E-state index in [1.54, 1.807) is 29.2 Å². The zero-order valence-corrected chi connectivity index (χ0v) is 15.0.